The van der Waals surface area contributed by atoms with E-state index in [1.165, 1.54) is 5.57 Å². The number of carbonyl (C=O) groups is 1. The van der Waals surface area contributed by atoms with Crippen molar-refractivity contribution < 1.29 is 4.79 Å². The zero-order valence-electron chi connectivity index (χ0n) is 8.44. The van der Waals surface area contributed by atoms with E-state index in [-0.39, 0.29) is 0 Å². The van der Waals surface area contributed by atoms with Crippen LogP contribution in [0.4, 0.5) is 0 Å². The molecule has 0 aliphatic heterocycles. The van der Waals surface area contributed by atoms with Crippen molar-refractivity contribution in [1.29, 1.82) is 0 Å². The monoisotopic (exact) mass is 178 g/mol. The summed E-state index contributed by atoms with van der Waals surface area (Å²) in [5, 5.41) is 0. The fourth-order valence-corrected chi connectivity index (χ4v) is 1.80. The third kappa shape index (κ3) is 2.55. The molecule has 1 aliphatic carbocycles. The van der Waals surface area contributed by atoms with E-state index in [1.54, 1.807) is 0 Å². The van der Waals surface area contributed by atoms with Gasteiger partial charge in [0.15, 0.2) is 5.78 Å². The fourth-order valence-electron chi connectivity index (χ4n) is 1.80. The van der Waals surface area contributed by atoms with Gasteiger partial charge >= 0.3 is 0 Å². The van der Waals surface area contributed by atoms with Crippen LogP contribution in [0, 0.1) is 0 Å². The fraction of sp³-hybridized carbons (Fsp3) is 0.583. The number of ketones is 1. The lowest BCUT2D eigenvalue weighted by Gasteiger charge is -2.16. The highest BCUT2D eigenvalue weighted by atomic mass is 16.1. The molecule has 0 bridgehead atoms. The van der Waals surface area contributed by atoms with Crippen molar-refractivity contribution in [2.75, 3.05) is 0 Å². The predicted octanol–water partition coefficient (Wildman–Crippen LogP) is 3.41. The maximum atomic E-state index is 11.6. The van der Waals surface area contributed by atoms with Crippen LogP contribution in [0.3, 0.4) is 0 Å². The lowest BCUT2D eigenvalue weighted by Crippen LogP contribution is -2.10. The van der Waals surface area contributed by atoms with Crippen LogP contribution in [0.1, 0.15) is 45.4 Å². The van der Waals surface area contributed by atoms with Crippen molar-refractivity contribution in [3.05, 3.63) is 23.8 Å². The van der Waals surface area contributed by atoms with E-state index in [1.807, 2.05) is 6.08 Å². The van der Waals surface area contributed by atoms with E-state index >= 15 is 0 Å². The summed E-state index contributed by atoms with van der Waals surface area (Å²) in [6.45, 7) is 5.92. The third-order valence-corrected chi connectivity index (χ3v) is 2.60. The van der Waals surface area contributed by atoms with Gasteiger partial charge in [0.05, 0.1) is 0 Å². The van der Waals surface area contributed by atoms with E-state index in [9.17, 15) is 4.79 Å². The Balaban J connectivity index is 2.75. The highest BCUT2D eigenvalue weighted by molar-refractivity contribution is 5.97. The molecule has 1 rings (SSSR count). The van der Waals surface area contributed by atoms with Gasteiger partial charge in [-0.25, -0.2) is 0 Å². The Morgan fingerprint density at radius 2 is 2.23 bits per heavy atom. The van der Waals surface area contributed by atoms with E-state index in [0.717, 1.165) is 44.1 Å². The average Bonchev–Trinajstić information content (AvgIpc) is 2.15. The minimum Gasteiger partial charge on any atom is -0.295 e. The molecular weight excluding hydrogens is 160 g/mol. The van der Waals surface area contributed by atoms with Gasteiger partial charge in [0.1, 0.15) is 0 Å². The molecule has 0 radical (unpaired) electrons. The van der Waals surface area contributed by atoms with Gasteiger partial charge in [-0.1, -0.05) is 26.0 Å². The SMILES string of the molecule is C=CC1=C(CCCC)C(=O)CCC1. The summed E-state index contributed by atoms with van der Waals surface area (Å²) in [6, 6.07) is 0. The molecule has 0 aromatic carbocycles. The number of allylic oxidation sites excluding steroid dienone is 3. The molecule has 1 nitrogen and oxygen atoms in total. The molecule has 0 amide bonds. The molecule has 72 valence electrons. The van der Waals surface area contributed by atoms with E-state index in [0.29, 0.717) is 5.78 Å². The second-order valence-corrected chi connectivity index (χ2v) is 3.59. The molecule has 13 heavy (non-hydrogen) atoms. The Labute approximate surface area is 80.5 Å². The van der Waals surface area contributed by atoms with Crippen LogP contribution in [0.25, 0.3) is 0 Å². The minimum absolute atomic E-state index is 0.356. The Morgan fingerprint density at radius 3 is 2.85 bits per heavy atom. The van der Waals surface area contributed by atoms with Gasteiger partial charge < -0.3 is 0 Å². The van der Waals surface area contributed by atoms with Crippen LogP contribution in [0.2, 0.25) is 0 Å². The Kier molecular flexibility index (Phi) is 3.94. The highest BCUT2D eigenvalue weighted by Crippen LogP contribution is 2.26. The molecule has 0 unspecified atom stereocenters. The number of hydrogen-bond donors (Lipinski definition) is 0. The van der Waals surface area contributed by atoms with E-state index in [2.05, 4.69) is 13.5 Å². The molecule has 0 atom stereocenters. The van der Waals surface area contributed by atoms with Gasteiger partial charge in [-0.3, -0.25) is 4.79 Å². The quantitative estimate of drug-likeness (QED) is 0.644. The third-order valence-electron chi connectivity index (χ3n) is 2.60. The first-order valence-electron chi connectivity index (χ1n) is 5.17. The normalized spacial score (nSPS) is 17.8. The maximum absolute atomic E-state index is 11.6. The Hall–Kier alpha value is -0.850. The van der Waals surface area contributed by atoms with Crippen molar-refractivity contribution >= 4 is 5.78 Å². The van der Waals surface area contributed by atoms with E-state index in [4.69, 9.17) is 0 Å². The molecule has 1 aliphatic rings. The molecule has 0 aromatic heterocycles. The van der Waals surface area contributed by atoms with Gasteiger partial charge in [0.25, 0.3) is 0 Å². The molecule has 1 heteroatoms. The van der Waals surface area contributed by atoms with Gasteiger partial charge in [0, 0.05) is 6.42 Å². The topological polar surface area (TPSA) is 17.1 Å². The lowest BCUT2D eigenvalue weighted by molar-refractivity contribution is -0.116. The highest BCUT2D eigenvalue weighted by Gasteiger charge is 2.17. The van der Waals surface area contributed by atoms with Gasteiger partial charge in [-0.2, -0.15) is 0 Å². The van der Waals surface area contributed by atoms with Crippen molar-refractivity contribution in [3.8, 4) is 0 Å². The summed E-state index contributed by atoms with van der Waals surface area (Å²) in [7, 11) is 0. The molecule has 0 saturated heterocycles. The van der Waals surface area contributed by atoms with Crippen molar-refractivity contribution in [1.82, 2.24) is 0 Å². The number of hydrogen-bond acceptors (Lipinski definition) is 1. The predicted molar refractivity (Wildman–Crippen MR) is 55.6 cm³/mol. The van der Waals surface area contributed by atoms with Crippen LogP contribution >= 0.6 is 0 Å². The second kappa shape index (κ2) is 5.00. The molecule has 0 N–H and O–H groups in total. The minimum atomic E-state index is 0.356. The van der Waals surface area contributed by atoms with Crippen molar-refractivity contribution in [2.24, 2.45) is 0 Å². The standard InChI is InChI=1S/C12H18O/c1-3-5-8-11-10(4-2)7-6-9-12(11)13/h4H,2-3,5-9H2,1H3. The van der Waals surface area contributed by atoms with Crippen molar-refractivity contribution in [3.63, 3.8) is 0 Å². The van der Waals surface area contributed by atoms with Crippen LogP contribution < -0.4 is 0 Å². The summed E-state index contributed by atoms with van der Waals surface area (Å²) >= 11 is 0. The molecular formula is C12H18O. The first-order chi connectivity index (χ1) is 6.29. The first kappa shape index (κ1) is 10.2. The zero-order chi connectivity index (χ0) is 9.68. The summed E-state index contributed by atoms with van der Waals surface area (Å²) in [6.07, 6.45) is 7.90. The van der Waals surface area contributed by atoms with Crippen LogP contribution in [-0.2, 0) is 4.79 Å². The number of unbranched alkanes of at least 4 members (excludes halogenated alkanes) is 1. The maximum Gasteiger partial charge on any atom is 0.159 e. The van der Waals surface area contributed by atoms with Gasteiger partial charge in [-0.05, 0) is 36.8 Å². The summed E-state index contributed by atoms with van der Waals surface area (Å²) in [4.78, 5) is 11.6. The van der Waals surface area contributed by atoms with Crippen molar-refractivity contribution in [2.45, 2.75) is 45.4 Å². The largest absolute Gasteiger partial charge is 0.295 e. The second-order valence-electron chi connectivity index (χ2n) is 3.59. The number of rotatable bonds is 4. The van der Waals surface area contributed by atoms with Gasteiger partial charge in [-0.15, -0.1) is 0 Å². The number of carbonyl (C=O) groups excluding carboxylic acids is 1. The molecule has 0 saturated carbocycles. The zero-order valence-corrected chi connectivity index (χ0v) is 8.44. The Bertz CT molecular complexity index is 236. The summed E-state index contributed by atoms with van der Waals surface area (Å²) in [5.74, 6) is 0.356. The summed E-state index contributed by atoms with van der Waals surface area (Å²) < 4.78 is 0. The Morgan fingerprint density at radius 1 is 1.46 bits per heavy atom. The lowest BCUT2D eigenvalue weighted by atomic mass is 9.88. The molecule has 0 spiro atoms. The first-order valence-corrected chi connectivity index (χ1v) is 5.17. The molecule has 0 fully saturated rings. The average molecular weight is 178 g/mol. The van der Waals surface area contributed by atoms with Gasteiger partial charge in [0.2, 0.25) is 0 Å². The smallest absolute Gasteiger partial charge is 0.159 e. The van der Waals surface area contributed by atoms with E-state index < -0.39 is 0 Å². The summed E-state index contributed by atoms with van der Waals surface area (Å²) in [5.41, 5.74) is 2.26. The van der Waals surface area contributed by atoms with Crippen LogP contribution in [0.5, 0.6) is 0 Å². The number of Topliss-reactive ketones (excluding diaryl/α,β-unsaturated/α-hetero) is 1. The van der Waals surface area contributed by atoms with Crippen LogP contribution in [-0.4, -0.2) is 5.78 Å². The molecule has 0 aromatic rings. The molecule has 0 heterocycles. The van der Waals surface area contributed by atoms with Crippen LogP contribution in [0.15, 0.2) is 23.8 Å².